The van der Waals surface area contributed by atoms with Crippen LogP contribution in [0.4, 0.5) is 0 Å². The van der Waals surface area contributed by atoms with Crippen LogP contribution in [0.3, 0.4) is 0 Å². The number of hydrogen-bond acceptors (Lipinski definition) is 2. The highest BCUT2D eigenvalue weighted by Gasteiger charge is 2.16. The Balaban J connectivity index is 1.98. The normalized spacial score (nSPS) is 18.3. The van der Waals surface area contributed by atoms with Crippen LogP contribution in [-0.2, 0) is 4.79 Å². The van der Waals surface area contributed by atoms with Gasteiger partial charge in [-0.25, -0.2) is 4.79 Å². The summed E-state index contributed by atoms with van der Waals surface area (Å²) in [5.41, 5.74) is 1.35. The van der Waals surface area contributed by atoms with Crippen molar-refractivity contribution in [3.8, 4) is 5.75 Å². The lowest BCUT2D eigenvalue weighted by atomic mass is 9.84. The molecule has 1 atom stereocenters. The first-order valence-corrected chi connectivity index (χ1v) is 6.66. The average Bonchev–Trinajstić information content (AvgIpc) is 2.40. The number of ether oxygens (including phenoxy) is 1. The molecule has 1 aromatic carbocycles. The topological polar surface area (TPSA) is 46.5 Å². The van der Waals surface area contributed by atoms with Gasteiger partial charge in [-0.3, -0.25) is 0 Å². The van der Waals surface area contributed by atoms with Gasteiger partial charge in [-0.2, -0.15) is 0 Å². The van der Waals surface area contributed by atoms with Crippen LogP contribution >= 0.6 is 0 Å². The van der Waals surface area contributed by atoms with Crippen LogP contribution in [0.1, 0.15) is 50.5 Å². The number of rotatable bonds is 4. The molecule has 0 spiro atoms. The Bertz CT molecular complexity index is 391. The summed E-state index contributed by atoms with van der Waals surface area (Å²) in [6, 6.07) is 7.90. The Hall–Kier alpha value is -1.51. The van der Waals surface area contributed by atoms with E-state index in [1.54, 1.807) is 0 Å². The van der Waals surface area contributed by atoms with Gasteiger partial charge in [0.15, 0.2) is 6.10 Å². The maximum absolute atomic E-state index is 10.7. The van der Waals surface area contributed by atoms with E-state index in [1.165, 1.54) is 44.6 Å². The van der Waals surface area contributed by atoms with Crippen molar-refractivity contribution in [2.24, 2.45) is 0 Å². The van der Waals surface area contributed by atoms with Crippen molar-refractivity contribution in [1.29, 1.82) is 0 Å². The van der Waals surface area contributed by atoms with E-state index in [0.717, 1.165) is 0 Å². The van der Waals surface area contributed by atoms with Crippen molar-refractivity contribution in [3.05, 3.63) is 29.8 Å². The van der Waals surface area contributed by atoms with Crippen molar-refractivity contribution in [3.63, 3.8) is 0 Å². The molecule has 2 rings (SSSR count). The highest BCUT2D eigenvalue weighted by molar-refractivity contribution is 5.72. The second kappa shape index (κ2) is 5.89. The van der Waals surface area contributed by atoms with Crippen LogP contribution in [-0.4, -0.2) is 17.2 Å². The van der Waals surface area contributed by atoms with E-state index in [-0.39, 0.29) is 0 Å². The van der Waals surface area contributed by atoms with E-state index in [2.05, 4.69) is 12.1 Å². The number of hydrogen-bond donors (Lipinski definition) is 1. The van der Waals surface area contributed by atoms with Gasteiger partial charge in [0.1, 0.15) is 5.75 Å². The van der Waals surface area contributed by atoms with E-state index in [9.17, 15) is 4.79 Å². The lowest BCUT2D eigenvalue weighted by Crippen LogP contribution is -2.22. The SMILES string of the molecule is CC(Oc1ccc(C2CCCCC2)cc1)C(=O)O. The smallest absolute Gasteiger partial charge is 0.344 e. The fourth-order valence-electron chi connectivity index (χ4n) is 2.51. The molecule has 0 amide bonds. The van der Waals surface area contributed by atoms with Gasteiger partial charge in [-0.1, -0.05) is 31.4 Å². The maximum atomic E-state index is 10.7. The molecule has 0 aliphatic heterocycles. The Morgan fingerprint density at radius 1 is 1.22 bits per heavy atom. The molecule has 0 bridgehead atoms. The minimum atomic E-state index is -0.939. The van der Waals surface area contributed by atoms with Crippen molar-refractivity contribution in [1.82, 2.24) is 0 Å². The molecule has 3 heteroatoms. The van der Waals surface area contributed by atoms with Crippen LogP contribution in [0.25, 0.3) is 0 Å². The van der Waals surface area contributed by atoms with Crippen LogP contribution in [0.5, 0.6) is 5.75 Å². The summed E-state index contributed by atoms with van der Waals surface area (Å²) in [4.78, 5) is 10.7. The summed E-state index contributed by atoms with van der Waals surface area (Å²) >= 11 is 0. The lowest BCUT2D eigenvalue weighted by molar-refractivity contribution is -0.144. The highest BCUT2D eigenvalue weighted by Crippen LogP contribution is 2.33. The number of aliphatic carboxylic acids is 1. The third-order valence-corrected chi connectivity index (χ3v) is 3.62. The monoisotopic (exact) mass is 248 g/mol. The standard InChI is InChI=1S/C15H20O3/c1-11(15(16)17)18-14-9-7-13(8-10-14)12-5-3-2-4-6-12/h7-12H,2-6H2,1H3,(H,16,17). The highest BCUT2D eigenvalue weighted by atomic mass is 16.5. The van der Waals surface area contributed by atoms with Crippen LogP contribution in [0.15, 0.2) is 24.3 Å². The first-order valence-electron chi connectivity index (χ1n) is 6.66. The van der Waals surface area contributed by atoms with E-state index < -0.39 is 12.1 Å². The summed E-state index contributed by atoms with van der Waals surface area (Å²) in [6.45, 7) is 1.54. The molecule has 1 fully saturated rings. The molecule has 18 heavy (non-hydrogen) atoms. The van der Waals surface area contributed by atoms with Gasteiger partial charge in [0.2, 0.25) is 0 Å². The van der Waals surface area contributed by atoms with Crippen LogP contribution < -0.4 is 4.74 Å². The largest absolute Gasteiger partial charge is 0.479 e. The van der Waals surface area contributed by atoms with Gasteiger partial charge in [-0.15, -0.1) is 0 Å². The number of benzene rings is 1. The molecule has 1 saturated carbocycles. The summed E-state index contributed by atoms with van der Waals surface area (Å²) in [5.74, 6) is 0.362. The van der Waals surface area contributed by atoms with Gasteiger partial charge in [0.05, 0.1) is 0 Å². The average molecular weight is 248 g/mol. The Morgan fingerprint density at radius 2 is 1.83 bits per heavy atom. The summed E-state index contributed by atoms with van der Waals surface area (Å²) in [7, 11) is 0. The summed E-state index contributed by atoms with van der Waals surface area (Å²) in [6.07, 6.45) is 5.73. The Kier molecular flexibility index (Phi) is 4.24. The maximum Gasteiger partial charge on any atom is 0.344 e. The zero-order chi connectivity index (χ0) is 13.0. The number of carboxylic acid groups (broad SMARTS) is 1. The second-order valence-electron chi connectivity index (χ2n) is 5.00. The number of carboxylic acids is 1. The van der Waals surface area contributed by atoms with Gasteiger partial charge < -0.3 is 9.84 Å². The quantitative estimate of drug-likeness (QED) is 0.885. The molecular weight excluding hydrogens is 228 g/mol. The van der Waals surface area contributed by atoms with E-state index in [0.29, 0.717) is 11.7 Å². The van der Waals surface area contributed by atoms with Crippen LogP contribution in [0.2, 0.25) is 0 Å². The third kappa shape index (κ3) is 3.25. The van der Waals surface area contributed by atoms with E-state index >= 15 is 0 Å². The van der Waals surface area contributed by atoms with Gasteiger partial charge >= 0.3 is 5.97 Å². The van der Waals surface area contributed by atoms with Crippen molar-refractivity contribution < 1.29 is 14.6 Å². The minimum absolute atomic E-state index is 0.629. The molecule has 1 aliphatic carbocycles. The zero-order valence-electron chi connectivity index (χ0n) is 10.8. The van der Waals surface area contributed by atoms with Crippen molar-refractivity contribution >= 4 is 5.97 Å². The molecule has 98 valence electrons. The fourth-order valence-corrected chi connectivity index (χ4v) is 2.51. The van der Waals surface area contributed by atoms with Gasteiger partial charge in [0.25, 0.3) is 0 Å². The second-order valence-corrected chi connectivity index (χ2v) is 5.00. The minimum Gasteiger partial charge on any atom is -0.479 e. The first kappa shape index (κ1) is 12.9. The molecule has 1 aromatic rings. The van der Waals surface area contributed by atoms with Crippen LogP contribution in [0, 0.1) is 0 Å². The molecule has 0 aromatic heterocycles. The predicted molar refractivity (Wildman–Crippen MR) is 70.0 cm³/mol. The summed E-state index contributed by atoms with van der Waals surface area (Å²) < 4.78 is 5.32. The molecular formula is C15H20O3. The fraction of sp³-hybridized carbons (Fsp3) is 0.533. The molecule has 0 saturated heterocycles. The molecule has 3 nitrogen and oxygen atoms in total. The van der Waals surface area contributed by atoms with Gasteiger partial charge in [0, 0.05) is 0 Å². The Morgan fingerprint density at radius 3 is 2.39 bits per heavy atom. The third-order valence-electron chi connectivity index (χ3n) is 3.62. The molecule has 0 radical (unpaired) electrons. The molecule has 0 heterocycles. The summed E-state index contributed by atoms with van der Waals surface area (Å²) in [5, 5.41) is 8.78. The lowest BCUT2D eigenvalue weighted by Gasteiger charge is -2.22. The Labute approximate surface area is 108 Å². The van der Waals surface area contributed by atoms with Gasteiger partial charge in [-0.05, 0) is 43.4 Å². The van der Waals surface area contributed by atoms with Crippen molar-refractivity contribution in [2.45, 2.75) is 51.0 Å². The number of carbonyl (C=O) groups is 1. The molecule has 1 aliphatic rings. The van der Waals surface area contributed by atoms with E-state index in [4.69, 9.17) is 9.84 Å². The molecule has 1 N–H and O–H groups in total. The predicted octanol–water partition coefficient (Wildman–Crippen LogP) is 3.59. The van der Waals surface area contributed by atoms with E-state index in [1.807, 2.05) is 12.1 Å². The zero-order valence-corrected chi connectivity index (χ0v) is 10.8. The first-order chi connectivity index (χ1) is 8.66. The molecule has 1 unspecified atom stereocenters. The van der Waals surface area contributed by atoms with Crippen molar-refractivity contribution in [2.75, 3.05) is 0 Å².